The van der Waals surface area contributed by atoms with Crippen molar-refractivity contribution in [1.29, 1.82) is 0 Å². The molecule has 1 heterocycles. The fourth-order valence-electron chi connectivity index (χ4n) is 1.81. The van der Waals surface area contributed by atoms with Gasteiger partial charge in [0.1, 0.15) is 0 Å². The largest absolute Gasteiger partial charge is 0.330 e. The fourth-order valence-corrected chi connectivity index (χ4v) is 1.81. The van der Waals surface area contributed by atoms with Gasteiger partial charge in [0.25, 0.3) is 0 Å². The van der Waals surface area contributed by atoms with E-state index in [0.717, 1.165) is 0 Å². The highest BCUT2D eigenvalue weighted by molar-refractivity contribution is 5.99. The molecule has 0 atom stereocenters. The Balaban J connectivity index is 2.30. The molecule has 5 nitrogen and oxygen atoms in total. The van der Waals surface area contributed by atoms with E-state index in [1.165, 1.54) is 0 Å². The number of hydrogen-bond donors (Lipinski definition) is 3. The average molecular weight is 247 g/mol. The minimum absolute atomic E-state index is 0.0365. The zero-order chi connectivity index (χ0) is 13.3. The summed E-state index contributed by atoms with van der Waals surface area (Å²) in [5.74, 6) is 0.0365. The zero-order valence-electron chi connectivity index (χ0n) is 10.5. The molecule has 2 rings (SSSR count). The van der Waals surface area contributed by atoms with E-state index in [2.05, 4.69) is 9.97 Å². The molecule has 1 aromatic carbocycles. The second-order valence-electron chi connectivity index (χ2n) is 5.31. The van der Waals surface area contributed by atoms with Crippen LogP contribution in [0.2, 0.25) is 0 Å². The van der Waals surface area contributed by atoms with E-state index < -0.39 is 0 Å². The Kier molecular flexibility index (Phi) is 3.09. The number of nitrogens with one attached hydrogen (secondary N) is 2. The van der Waals surface area contributed by atoms with Gasteiger partial charge in [-0.05, 0) is 30.2 Å². The highest BCUT2D eigenvalue weighted by Gasteiger charge is 2.21. The molecule has 1 aromatic heterocycles. The van der Waals surface area contributed by atoms with Crippen molar-refractivity contribution < 1.29 is 4.79 Å². The molecule has 0 aliphatic carbocycles. The van der Waals surface area contributed by atoms with Crippen LogP contribution in [0.4, 0.5) is 0 Å². The van der Waals surface area contributed by atoms with Crippen molar-refractivity contribution in [2.24, 2.45) is 11.1 Å². The zero-order valence-corrected chi connectivity index (χ0v) is 10.5. The molecule has 0 radical (unpaired) electrons. The number of carbonyl (C=O) groups is 1. The summed E-state index contributed by atoms with van der Waals surface area (Å²) in [5, 5.41) is 0. The molecule has 0 aliphatic rings. The van der Waals surface area contributed by atoms with Crippen LogP contribution >= 0.6 is 0 Å². The first-order valence-corrected chi connectivity index (χ1v) is 5.87. The Bertz CT molecular complexity index is 637. The van der Waals surface area contributed by atoms with Crippen molar-refractivity contribution in [3.05, 3.63) is 34.2 Å². The van der Waals surface area contributed by atoms with Crippen LogP contribution in [0.3, 0.4) is 0 Å². The molecule has 2 aromatic rings. The summed E-state index contributed by atoms with van der Waals surface area (Å²) < 4.78 is 0. The number of aromatic amines is 2. The van der Waals surface area contributed by atoms with E-state index in [1.807, 2.05) is 13.8 Å². The quantitative estimate of drug-likeness (QED) is 0.713. The molecule has 0 amide bonds. The molecule has 0 bridgehead atoms. The first kappa shape index (κ1) is 12.6. The highest BCUT2D eigenvalue weighted by Crippen LogP contribution is 2.22. The highest BCUT2D eigenvalue weighted by atomic mass is 16.1. The van der Waals surface area contributed by atoms with Crippen LogP contribution in [0.5, 0.6) is 0 Å². The number of rotatable bonds is 4. The smallest absolute Gasteiger partial charge is 0.323 e. The van der Waals surface area contributed by atoms with Gasteiger partial charge in [-0.3, -0.25) is 4.79 Å². The summed E-state index contributed by atoms with van der Waals surface area (Å²) in [5.41, 5.74) is 7.09. The Morgan fingerprint density at radius 2 is 1.94 bits per heavy atom. The topological polar surface area (TPSA) is 91.7 Å². The fraction of sp³-hybridized carbons (Fsp3) is 0.385. The van der Waals surface area contributed by atoms with Crippen molar-refractivity contribution in [3.8, 4) is 0 Å². The van der Waals surface area contributed by atoms with Crippen LogP contribution in [0.1, 0.15) is 30.6 Å². The van der Waals surface area contributed by atoms with Crippen molar-refractivity contribution in [2.45, 2.75) is 20.3 Å². The Hall–Kier alpha value is -1.88. The first-order valence-electron chi connectivity index (χ1n) is 5.87. The normalized spacial score (nSPS) is 11.9. The maximum Gasteiger partial charge on any atom is 0.323 e. The van der Waals surface area contributed by atoms with E-state index in [9.17, 15) is 9.59 Å². The predicted molar refractivity (Wildman–Crippen MR) is 70.7 cm³/mol. The third kappa shape index (κ3) is 2.51. The van der Waals surface area contributed by atoms with Crippen molar-refractivity contribution >= 4 is 16.8 Å². The number of nitrogens with two attached hydrogens (primary N) is 1. The monoisotopic (exact) mass is 247 g/mol. The molecule has 0 saturated carbocycles. The minimum Gasteiger partial charge on any atom is -0.330 e. The summed E-state index contributed by atoms with van der Waals surface area (Å²) in [7, 11) is 0. The van der Waals surface area contributed by atoms with Crippen molar-refractivity contribution in [3.63, 3.8) is 0 Å². The molecule has 96 valence electrons. The van der Waals surface area contributed by atoms with Crippen LogP contribution < -0.4 is 11.4 Å². The molecule has 0 unspecified atom stereocenters. The number of Topliss-reactive ketones (excluding diaryl/α,β-unsaturated/α-hetero) is 1. The molecule has 4 N–H and O–H groups in total. The van der Waals surface area contributed by atoms with Gasteiger partial charge in [-0.1, -0.05) is 13.8 Å². The second kappa shape index (κ2) is 4.42. The van der Waals surface area contributed by atoms with Crippen LogP contribution in [-0.4, -0.2) is 22.3 Å². The molecule has 5 heteroatoms. The second-order valence-corrected chi connectivity index (χ2v) is 5.31. The number of hydrogen-bond acceptors (Lipinski definition) is 3. The third-order valence-corrected chi connectivity index (χ3v) is 3.03. The van der Waals surface area contributed by atoms with Gasteiger partial charge in [0.2, 0.25) is 0 Å². The lowest BCUT2D eigenvalue weighted by molar-refractivity contribution is 0.0935. The SMILES string of the molecule is CC(C)(CN)CC(=O)c1ccc2[nH]c(=O)[nH]c2c1. The lowest BCUT2D eigenvalue weighted by Crippen LogP contribution is -2.26. The number of H-pyrrole nitrogens is 2. The van der Waals surface area contributed by atoms with Gasteiger partial charge in [0.15, 0.2) is 5.78 Å². The lowest BCUT2D eigenvalue weighted by atomic mass is 9.86. The van der Waals surface area contributed by atoms with Crippen LogP contribution in [0.25, 0.3) is 11.0 Å². The van der Waals surface area contributed by atoms with E-state index in [1.54, 1.807) is 18.2 Å². The number of carbonyl (C=O) groups excluding carboxylic acids is 1. The van der Waals surface area contributed by atoms with Gasteiger partial charge < -0.3 is 15.7 Å². The van der Waals surface area contributed by atoms with Crippen LogP contribution in [0.15, 0.2) is 23.0 Å². The maximum atomic E-state index is 12.1. The maximum absolute atomic E-state index is 12.1. The summed E-state index contributed by atoms with van der Waals surface area (Å²) in [4.78, 5) is 28.5. The third-order valence-electron chi connectivity index (χ3n) is 3.03. The van der Waals surface area contributed by atoms with Crippen molar-refractivity contribution in [2.75, 3.05) is 6.54 Å². The molecule has 0 fully saturated rings. The van der Waals surface area contributed by atoms with Crippen LogP contribution in [-0.2, 0) is 0 Å². The Morgan fingerprint density at radius 1 is 1.28 bits per heavy atom. The number of fused-ring (bicyclic) bond motifs is 1. The van der Waals surface area contributed by atoms with E-state index >= 15 is 0 Å². The van der Waals surface area contributed by atoms with Gasteiger partial charge in [0, 0.05) is 12.0 Å². The van der Waals surface area contributed by atoms with E-state index in [-0.39, 0.29) is 16.9 Å². The number of imidazole rings is 1. The summed E-state index contributed by atoms with van der Waals surface area (Å²) in [6.07, 6.45) is 0.393. The van der Waals surface area contributed by atoms with Gasteiger partial charge in [-0.2, -0.15) is 0 Å². The first-order chi connectivity index (χ1) is 8.41. The summed E-state index contributed by atoms with van der Waals surface area (Å²) in [6.45, 7) is 4.38. The average Bonchev–Trinajstić information content (AvgIpc) is 2.67. The number of benzene rings is 1. The Morgan fingerprint density at radius 3 is 2.61 bits per heavy atom. The van der Waals surface area contributed by atoms with Gasteiger partial charge >= 0.3 is 5.69 Å². The Labute approximate surface area is 104 Å². The molecule has 0 saturated heterocycles. The molecule has 18 heavy (non-hydrogen) atoms. The summed E-state index contributed by atoms with van der Waals surface area (Å²) in [6, 6.07) is 5.15. The molecule has 0 spiro atoms. The van der Waals surface area contributed by atoms with E-state index in [4.69, 9.17) is 5.73 Å². The van der Waals surface area contributed by atoms with Gasteiger partial charge in [0.05, 0.1) is 11.0 Å². The van der Waals surface area contributed by atoms with Crippen molar-refractivity contribution in [1.82, 2.24) is 9.97 Å². The molecular weight excluding hydrogens is 230 g/mol. The standard InChI is InChI=1S/C13H17N3O2/c1-13(2,7-14)6-11(17)8-3-4-9-10(5-8)16-12(18)15-9/h3-5H,6-7,14H2,1-2H3,(H2,15,16,18). The van der Waals surface area contributed by atoms with Gasteiger partial charge in [-0.25, -0.2) is 4.79 Å². The van der Waals surface area contributed by atoms with Gasteiger partial charge in [-0.15, -0.1) is 0 Å². The number of aromatic nitrogens is 2. The number of ketones is 1. The minimum atomic E-state index is -0.267. The predicted octanol–water partition coefficient (Wildman–Crippen LogP) is 1.41. The molecule has 0 aliphatic heterocycles. The van der Waals surface area contributed by atoms with Crippen LogP contribution in [0, 0.1) is 5.41 Å². The summed E-state index contributed by atoms with van der Waals surface area (Å²) >= 11 is 0. The van der Waals surface area contributed by atoms with E-state index in [0.29, 0.717) is 29.6 Å². The molecular formula is C13H17N3O2. The lowest BCUT2D eigenvalue weighted by Gasteiger charge is -2.20.